The van der Waals surface area contributed by atoms with E-state index in [4.69, 9.17) is 19.9 Å². The summed E-state index contributed by atoms with van der Waals surface area (Å²) in [5.74, 6) is 1.04. The van der Waals surface area contributed by atoms with Crippen molar-refractivity contribution in [1.29, 1.82) is 0 Å². The van der Waals surface area contributed by atoms with Gasteiger partial charge in [0.05, 0.1) is 20.8 Å². The molecule has 0 heterocycles. The van der Waals surface area contributed by atoms with Crippen molar-refractivity contribution in [2.75, 3.05) is 34.0 Å². The van der Waals surface area contributed by atoms with Crippen molar-refractivity contribution in [2.45, 2.75) is 6.54 Å². The van der Waals surface area contributed by atoms with Crippen molar-refractivity contribution in [3.63, 3.8) is 0 Å². The molecule has 1 amide bonds. The zero-order valence-electron chi connectivity index (χ0n) is 11.3. The molecule has 6 nitrogen and oxygen atoms in total. The number of nitrogens with two attached hydrogens (primary N) is 1. The van der Waals surface area contributed by atoms with E-state index in [-0.39, 0.29) is 6.61 Å². The molecular formula is C13H20N2O4. The highest BCUT2D eigenvalue weighted by atomic mass is 16.5. The molecule has 0 saturated heterocycles. The number of carbonyl (C=O) groups excluding carboxylic acids is 1. The molecule has 0 aliphatic heterocycles. The highest BCUT2D eigenvalue weighted by Gasteiger charge is 2.01. The Morgan fingerprint density at radius 2 is 1.84 bits per heavy atom. The van der Waals surface area contributed by atoms with Gasteiger partial charge in [-0.1, -0.05) is 0 Å². The van der Waals surface area contributed by atoms with E-state index in [1.807, 2.05) is 18.2 Å². The number of methoxy groups -OCH3 is 2. The molecule has 0 fully saturated rings. The van der Waals surface area contributed by atoms with Crippen LogP contribution in [-0.4, -0.2) is 39.9 Å². The smallest absolute Gasteiger partial charge is 0.243 e. The summed E-state index contributed by atoms with van der Waals surface area (Å²) >= 11 is 0. The fourth-order valence-electron chi connectivity index (χ4n) is 1.52. The standard InChI is InChI=1S/C13H20N2O4/c1-17-11-5-10(6-12(7-11)18-2)8-15-3-4-19-9-13(14)16/h5-7,15H,3-4,8-9H2,1-2H3,(H2,14,16). The Bertz CT molecular complexity index is 387. The minimum Gasteiger partial charge on any atom is -0.497 e. The van der Waals surface area contributed by atoms with Crippen LogP contribution in [0.1, 0.15) is 5.56 Å². The third-order valence-electron chi connectivity index (χ3n) is 2.41. The number of hydrogen-bond acceptors (Lipinski definition) is 5. The Kier molecular flexibility index (Phi) is 6.70. The number of rotatable bonds is 9. The summed E-state index contributed by atoms with van der Waals surface area (Å²) in [7, 11) is 3.23. The van der Waals surface area contributed by atoms with Crippen LogP contribution in [0.15, 0.2) is 18.2 Å². The molecule has 1 rings (SSSR count). The molecule has 0 spiro atoms. The molecule has 0 radical (unpaired) electrons. The van der Waals surface area contributed by atoms with E-state index in [0.717, 1.165) is 17.1 Å². The summed E-state index contributed by atoms with van der Waals surface area (Å²) in [6.45, 7) is 1.68. The van der Waals surface area contributed by atoms with E-state index in [0.29, 0.717) is 19.7 Å². The highest BCUT2D eigenvalue weighted by molar-refractivity contribution is 5.74. The van der Waals surface area contributed by atoms with E-state index >= 15 is 0 Å². The zero-order valence-corrected chi connectivity index (χ0v) is 11.3. The van der Waals surface area contributed by atoms with Gasteiger partial charge >= 0.3 is 0 Å². The Labute approximate surface area is 112 Å². The van der Waals surface area contributed by atoms with Crippen LogP contribution in [0, 0.1) is 0 Å². The highest BCUT2D eigenvalue weighted by Crippen LogP contribution is 2.22. The second-order valence-corrected chi connectivity index (χ2v) is 3.92. The van der Waals surface area contributed by atoms with E-state index in [1.165, 1.54) is 0 Å². The third-order valence-corrected chi connectivity index (χ3v) is 2.41. The van der Waals surface area contributed by atoms with Gasteiger partial charge in [0.25, 0.3) is 0 Å². The lowest BCUT2D eigenvalue weighted by atomic mass is 10.2. The van der Waals surface area contributed by atoms with Gasteiger partial charge in [-0.2, -0.15) is 0 Å². The molecule has 0 aliphatic carbocycles. The zero-order chi connectivity index (χ0) is 14.1. The lowest BCUT2D eigenvalue weighted by Gasteiger charge is -2.09. The van der Waals surface area contributed by atoms with Gasteiger partial charge in [-0.3, -0.25) is 4.79 Å². The average Bonchev–Trinajstić information content (AvgIpc) is 2.41. The van der Waals surface area contributed by atoms with Crippen LogP contribution in [0.3, 0.4) is 0 Å². The summed E-state index contributed by atoms with van der Waals surface area (Å²) in [5, 5.41) is 3.19. The minimum absolute atomic E-state index is 0.0470. The van der Waals surface area contributed by atoms with E-state index < -0.39 is 5.91 Å². The second-order valence-electron chi connectivity index (χ2n) is 3.92. The Balaban J connectivity index is 2.34. The molecule has 1 aromatic carbocycles. The fourth-order valence-corrected chi connectivity index (χ4v) is 1.52. The molecule has 0 saturated carbocycles. The van der Waals surface area contributed by atoms with Gasteiger partial charge < -0.3 is 25.3 Å². The Morgan fingerprint density at radius 1 is 1.21 bits per heavy atom. The van der Waals surface area contributed by atoms with Gasteiger partial charge in [0.1, 0.15) is 18.1 Å². The average molecular weight is 268 g/mol. The molecule has 3 N–H and O–H groups in total. The Hall–Kier alpha value is -1.79. The van der Waals surface area contributed by atoms with Gasteiger partial charge in [-0.25, -0.2) is 0 Å². The molecule has 0 bridgehead atoms. The second kappa shape index (κ2) is 8.34. The largest absolute Gasteiger partial charge is 0.497 e. The maximum atomic E-state index is 10.4. The quantitative estimate of drug-likeness (QED) is 0.629. The SMILES string of the molecule is COc1cc(CNCCOCC(N)=O)cc(OC)c1. The maximum Gasteiger partial charge on any atom is 0.243 e. The van der Waals surface area contributed by atoms with Gasteiger partial charge in [-0.15, -0.1) is 0 Å². The fraction of sp³-hybridized carbons (Fsp3) is 0.462. The summed E-state index contributed by atoms with van der Waals surface area (Å²) in [4.78, 5) is 10.4. The first-order valence-corrected chi connectivity index (χ1v) is 5.94. The summed E-state index contributed by atoms with van der Waals surface area (Å²) < 4.78 is 15.4. The lowest BCUT2D eigenvalue weighted by Crippen LogP contribution is -2.23. The van der Waals surface area contributed by atoms with Crippen molar-refractivity contribution in [1.82, 2.24) is 5.32 Å². The van der Waals surface area contributed by atoms with Crippen LogP contribution in [0.25, 0.3) is 0 Å². The topological polar surface area (TPSA) is 82.8 Å². The molecule has 6 heteroatoms. The first-order valence-electron chi connectivity index (χ1n) is 5.94. The summed E-state index contributed by atoms with van der Waals surface area (Å²) in [6.07, 6.45) is 0. The monoisotopic (exact) mass is 268 g/mol. The number of primary amides is 1. The van der Waals surface area contributed by atoms with Crippen LogP contribution in [-0.2, 0) is 16.1 Å². The molecule has 0 aromatic heterocycles. The first-order chi connectivity index (χ1) is 9.15. The number of benzene rings is 1. The molecule has 106 valence electrons. The summed E-state index contributed by atoms with van der Waals surface area (Å²) in [6, 6.07) is 5.68. The van der Waals surface area contributed by atoms with Gasteiger partial charge in [0.2, 0.25) is 5.91 Å². The van der Waals surface area contributed by atoms with Crippen molar-refractivity contribution >= 4 is 5.91 Å². The van der Waals surface area contributed by atoms with Crippen molar-refractivity contribution < 1.29 is 19.0 Å². The molecule has 0 atom stereocenters. The third kappa shape index (κ3) is 6.08. The number of carbonyl (C=O) groups is 1. The predicted molar refractivity (Wildman–Crippen MR) is 71.3 cm³/mol. The van der Waals surface area contributed by atoms with E-state index in [1.54, 1.807) is 14.2 Å². The minimum atomic E-state index is -0.461. The van der Waals surface area contributed by atoms with Gasteiger partial charge in [-0.05, 0) is 17.7 Å². The number of ether oxygens (including phenoxy) is 3. The van der Waals surface area contributed by atoms with Crippen molar-refractivity contribution in [3.05, 3.63) is 23.8 Å². The molecule has 0 aliphatic rings. The maximum absolute atomic E-state index is 10.4. The van der Waals surface area contributed by atoms with Crippen molar-refractivity contribution in [3.8, 4) is 11.5 Å². The van der Waals surface area contributed by atoms with E-state index in [2.05, 4.69) is 5.32 Å². The first kappa shape index (κ1) is 15.3. The number of hydrogen-bond donors (Lipinski definition) is 2. The van der Waals surface area contributed by atoms with Crippen LogP contribution >= 0.6 is 0 Å². The molecule has 1 aromatic rings. The normalized spacial score (nSPS) is 10.2. The van der Waals surface area contributed by atoms with Gasteiger partial charge in [0.15, 0.2) is 0 Å². The number of amides is 1. The number of nitrogens with one attached hydrogen (secondary N) is 1. The summed E-state index contributed by atoms with van der Waals surface area (Å²) in [5.41, 5.74) is 6.00. The van der Waals surface area contributed by atoms with Crippen molar-refractivity contribution in [2.24, 2.45) is 5.73 Å². The van der Waals surface area contributed by atoms with E-state index in [9.17, 15) is 4.79 Å². The Morgan fingerprint density at radius 3 is 2.37 bits per heavy atom. The van der Waals surface area contributed by atoms with Crippen LogP contribution in [0.5, 0.6) is 11.5 Å². The molecular weight excluding hydrogens is 248 g/mol. The van der Waals surface area contributed by atoms with Crippen LogP contribution in [0.4, 0.5) is 0 Å². The van der Waals surface area contributed by atoms with Crippen LogP contribution < -0.4 is 20.5 Å². The molecule has 0 unspecified atom stereocenters. The van der Waals surface area contributed by atoms with Crippen LogP contribution in [0.2, 0.25) is 0 Å². The molecule has 19 heavy (non-hydrogen) atoms. The van der Waals surface area contributed by atoms with Gasteiger partial charge in [0, 0.05) is 19.2 Å². The lowest BCUT2D eigenvalue weighted by molar-refractivity contribution is -0.122. The predicted octanol–water partition coefficient (Wildman–Crippen LogP) is 0.295.